The third-order valence-electron chi connectivity index (χ3n) is 2.83. The fourth-order valence-electron chi connectivity index (χ4n) is 2.06. The molecule has 19 heavy (non-hydrogen) atoms. The van der Waals surface area contributed by atoms with Crippen molar-refractivity contribution in [3.8, 4) is 0 Å². The number of likely N-dealkylation sites (N-methyl/N-ethyl adjacent to an activating group) is 1. The second-order valence-electron chi connectivity index (χ2n) is 4.24. The van der Waals surface area contributed by atoms with Gasteiger partial charge in [-0.05, 0) is 48.3 Å². The van der Waals surface area contributed by atoms with Crippen molar-refractivity contribution in [3.05, 3.63) is 58.5 Å². The first-order chi connectivity index (χ1) is 9.10. The molecule has 0 bridgehead atoms. The Balaban J connectivity index is 2.23. The molecule has 5 heteroatoms. The van der Waals surface area contributed by atoms with Gasteiger partial charge in [-0.25, -0.2) is 8.78 Å². The van der Waals surface area contributed by atoms with Crippen molar-refractivity contribution in [1.29, 1.82) is 0 Å². The van der Waals surface area contributed by atoms with Crippen molar-refractivity contribution in [2.45, 2.75) is 19.4 Å². The lowest BCUT2D eigenvalue weighted by Gasteiger charge is -2.17. The predicted molar refractivity (Wildman–Crippen MR) is 70.2 cm³/mol. The zero-order chi connectivity index (χ0) is 13.8. The van der Waals surface area contributed by atoms with Crippen LogP contribution in [0, 0.1) is 11.6 Å². The van der Waals surface area contributed by atoms with Crippen molar-refractivity contribution in [3.63, 3.8) is 0 Å². The lowest BCUT2D eigenvalue weighted by molar-refractivity contribution is 0.521. The molecule has 0 aliphatic carbocycles. The summed E-state index contributed by atoms with van der Waals surface area (Å²) in [6.45, 7) is 2.66. The zero-order valence-electron chi connectivity index (χ0n) is 10.4. The number of furan rings is 1. The van der Waals surface area contributed by atoms with Gasteiger partial charge < -0.3 is 9.73 Å². The number of hydrogen-bond donors (Lipinski definition) is 1. The molecular weight excluding hydrogens is 272 g/mol. The standard InChI is InChI=1S/C14H14ClF2NO/c1-2-18-13(12-3-4-19-14(12)15)7-9-5-10(16)8-11(17)6-9/h3-6,8,13,18H,2,7H2,1H3. The molecule has 0 aliphatic heterocycles. The highest BCUT2D eigenvalue weighted by molar-refractivity contribution is 6.29. The minimum atomic E-state index is -0.580. The Hall–Kier alpha value is -1.39. The maximum absolute atomic E-state index is 13.2. The summed E-state index contributed by atoms with van der Waals surface area (Å²) in [5.74, 6) is -1.16. The third kappa shape index (κ3) is 3.55. The van der Waals surface area contributed by atoms with Gasteiger partial charge in [-0.15, -0.1) is 0 Å². The van der Waals surface area contributed by atoms with E-state index in [1.54, 1.807) is 6.07 Å². The smallest absolute Gasteiger partial charge is 0.197 e. The van der Waals surface area contributed by atoms with E-state index in [4.69, 9.17) is 16.0 Å². The van der Waals surface area contributed by atoms with Crippen LogP contribution in [-0.2, 0) is 6.42 Å². The van der Waals surface area contributed by atoms with Gasteiger partial charge in [-0.3, -0.25) is 0 Å². The van der Waals surface area contributed by atoms with Crippen LogP contribution in [-0.4, -0.2) is 6.54 Å². The van der Waals surface area contributed by atoms with Crippen molar-refractivity contribution in [2.75, 3.05) is 6.54 Å². The number of benzene rings is 1. The highest BCUT2D eigenvalue weighted by Gasteiger charge is 2.17. The molecule has 1 aromatic carbocycles. The summed E-state index contributed by atoms with van der Waals surface area (Å²) in [6, 6.07) is 5.11. The van der Waals surface area contributed by atoms with Crippen LogP contribution < -0.4 is 5.32 Å². The van der Waals surface area contributed by atoms with E-state index in [1.165, 1.54) is 18.4 Å². The van der Waals surface area contributed by atoms with Crippen LogP contribution in [0.5, 0.6) is 0 Å². The van der Waals surface area contributed by atoms with Gasteiger partial charge in [0.15, 0.2) is 5.22 Å². The Morgan fingerprint density at radius 1 is 1.26 bits per heavy atom. The first-order valence-corrected chi connectivity index (χ1v) is 6.39. The third-order valence-corrected chi connectivity index (χ3v) is 3.14. The second-order valence-corrected chi connectivity index (χ2v) is 4.59. The lowest BCUT2D eigenvalue weighted by Crippen LogP contribution is -2.22. The Labute approximate surface area is 115 Å². The van der Waals surface area contributed by atoms with E-state index < -0.39 is 11.6 Å². The molecule has 1 unspecified atom stereocenters. The molecule has 0 aliphatic rings. The Morgan fingerprint density at radius 2 is 1.95 bits per heavy atom. The molecule has 1 heterocycles. The zero-order valence-corrected chi connectivity index (χ0v) is 11.2. The summed E-state index contributed by atoms with van der Waals surface area (Å²) in [4.78, 5) is 0. The normalized spacial score (nSPS) is 12.6. The first-order valence-electron chi connectivity index (χ1n) is 6.01. The molecule has 0 saturated carbocycles. The molecule has 0 amide bonds. The summed E-state index contributed by atoms with van der Waals surface area (Å²) >= 11 is 5.94. The van der Waals surface area contributed by atoms with Gasteiger partial charge in [0, 0.05) is 17.7 Å². The quantitative estimate of drug-likeness (QED) is 0.894. The largest absolute Gasteiger partial charge is 0.453 e. The maximum Gasteiger partial charge on any atom is 0.197 e. The molecule has 2 rings (SSSR count). The van der Waals surface area contributed by atoms with Crippen LogP contribution in [0.4, 0.5) is 8.78 Å². The predicted octanol–water partition coefficient (Wildman–Crippen LogP) is 4.10. The summed E-state index contributed by atoms with van der Waals surface area (Å²) in [5.41, 5.74) is 1.36. The van der Waals surface area contributed by atoms with Crippen molar-refractivity contribution >= 4 is 11.6 Å². The van der Waals surface area contributed by atoms with Crippen LogP contribution in [0.25, 0.3) is 0 Å². The number of hydrogen-bond acceptors (Lipinski definition) is 2. The van der Waals surface area contributed by atoms with Gasteiger partial charge in [0.2, 0.25) is 0 Å². The molecule has 2 nitrogen and oxygen atoms in total. The highest BCUT2D eigenvalue weighted by Crippen LogP contribution is 2.27. The number of halogens is 3. The average Bonchev–Trinajstić information content (AvgIpc) is 2.73. The summed E-state index contributed by atoms with van der Waals surface area (Å²) < 4.78 is 31.4. The van der Waals surface area contributed by atoms with Gasteiger partial charge in [0.05, 0.1) is 6.26 Å². The van der Waals surface area contributed by atoms with E-state index in [9.17, 15) is 8.78 Å². The fourth-order valence-corrected chi connectivity index (χ4v) is 2.30. The van der Waals surface area contributed by atoms with Crippen molar-refractivity contribution in [1.82, 2.24) is 5.32 Å². The van der Waals surface area contributed by atoms with E-state index in [-0.39, 0.29) is 6.04 Å². The molecule has 1 aromatic heterocycles. The lowest BCUT2D eigenvalue weighted by atomic mass is 10.0. The van der Waals surface area contributed by atoms with Gasteiger partial charge in [-0.2, -0.15) is 0 Å². The Bertz CT molecular complexity index is 536. The van der Waals surface area contributed by atoms with Gasteiger partial charge in [-0.1, -0.05) is 6.92 Å². The van der Waals surface area contributed by atoms with Gasteiger partial charge >= 0.3 is 0 Å². The Kier molecular flexibility index (Phi) is 4.56. The molecule has 0 radical (unpaired) electrons. The van der Waals surface area contributed by atoms with E-state index in [1.807, 2.05) is 6.92 Å². The van der Waals surface area contributed by atoms with Gasteiger partial charge in [0.25, 0.3) is 0 Å². The van der Waals surface area contributed by atoms with E-state index in [2.05, 4.69) is 5.32 Å². The molecule has 102 valence electrons. The van der Waals surface area contributed by atoms with Crippen molar-refractivity contribution < 1.29 is 13.2 Å². The van der Waals surface area contributed by atoms with E-state index >= 15 is 0 Å². The molecule has 0 saturated heterocycles. The average molecular weight is 286 g/mol. The van der Waals surface area contributed by atoms with Crippen LogP contribution >= 0.6 is 11.6 Å². The van der Waals surface area contributed by atoms with Crippen LogP contribution in [0.3, 0.4) is 0 Å². The fraction of sp³-hybridized carbons (Fsp3) is 0.286. The molecule has 0 spiro atoms. The minimum Gasteiger partial charge on any atom is -0.453 e. The molecule has 1 N–H and O–H groups in total. The van der Waals surface area contributed by atoms with Crippen LogP contribution in [0.15, 0.2) is 34.9 Å². The summed E-state index contributed by atoms with van der Waals surface area (Å²) in [6.07, 6.45) is 1.93. The van der Waals surface area contributed by atoms with E-state index in [0.717, 1.165) is 11.6 Å². The van der Waals surface area contributed by atoms with Crippen LogP contribution in [0.1, 0.15) is 24.1 Å². The number of rotatable bonds is 5. The molecule has 2 aromatic rings. The van der Waals surface area contributed by atoms with Gasteiger partial charge in [0.1, 0.15) is 11.6 Å². The molecule has 1 atom stereocenters. The second kappa shape index (κ2) is 6.17. The summed E-state index contributed by atoms with van der Waals surface area (Å²) in [5, 5.41) is 3.52. The highest BCUT2D eigenvalue weighted by atomic mass is 35.5. The first kappa shape index (κ1) is 14.0. The van der Waals surface area contributed by atoms with E-state index in [0.29, 0.717) is 23.7 Å². The minimum absolute atomic E-state index is 0.141. The number of nitrogens with one attached hydrogen (secondary N) is 1. The molecule has 0 fully saturated rings. The molecular formula is C14H14ClF2NO. The monoisotopic (exact) mass is 285 g/mol. The van der Waals surface area contributed by atoms with Crippen molar-refractivity contribution in [2.24, 2.45) is 0 Å². The topological polar surface area (TPSA) is 25.2 Å². The summed E-state index contributed by atoms with van der Waals surface area (Å²) in [7, 11) is 0. The van der Waals surface area contributed by atoms with Crippen LogP contribution in [0.2, 0.25) is 5.22 Å². The SMILES string of the molecule is CCNC(Cc1cc(F)cc(F)c1)c1ccoc1Cl. The Morgan fingerprint density at radius 3 is 2.47 bits per heavy atom. The maximum atomic E-state index is 13.2.